The first-order valence-corrected chi connectivity index (χ1v) is 11.1. The Morgan fingerprint density at radius 2 is 1.53 bits per heavy atom. The van der Waals surface area contributed by atoms with E-state index in [2.05, 4.69) is 4.72 Å². The second-order valence-electron chi connectivity index (χ2n) is 6.79. The van der Waals surface area contributed by atoms with Crippen LogP contribution in [-0.2, 0) is 14.8 Å². The van der Waals surface area contributed by atoms with Crippen LogP contribution in [0.1, 0.15) is 31.1 Å². The van der Waals surface area contributed by atoms with Crippen molar-refractivity contribution in [2.75, 3.05) is 11.5 Å². The fourth-order valence-corrected chi connectivity index (χ4v) is 4.32. The molecular formula is C22H15ClN2O6S. The van der Waals surface area contributed by atoms with Crippen LogP contribution in [0, 0.1) is 0 Å². The molecule has 0 radical (unpaired) electrons. The normalized spacial score (nSPS) is 13.1. The van der Waals surface area contributed by atoms with E-state index >= 15 is 0 Å². The molecule has 0 aromatic heterocycles. The fraction of sp³-hybridized carbons (Fsp3) is 0.0455. The number of halogens is 1. The Labute approximate surface area is 188 Å². The van der Waals surface area contributed by atoms with Gasteiger partial charge in [0.1, 0.15) is 0 Å². The summed E-state index contributed by atoms with van der Waals surface area (Å²) >= 11 is 5.80. The first kappa shape index (κ1) is 21.5. The highest BCUT2D eigenvalue weighted by molar-refractivity contribution is 7.92. The van der Waals surface area contributed by atoms with Crippen LogP contribution in [0.25, 0.3) is 0 Å². The molecule has 162 valence electrons. The third kappa shape index (κ3) is 4.20. The van der Waals surface area contributed by atoms with Crippen molar-refractivity contribution in [3.63, 3.8) is 0 Å². The fourth-order valence-electron chi connectivity index (χ4n) is 3.09. The van der Waals surface area contributed by atoms with Crippen molar-refractivity contribution < 1.29 is 27.5 Å². The lowest BCUT2D eigenvalue weighted by Crippen LogP contribution is -2.33. The van der Waals surface area contributed by atoms with E-state index in [9.17, 15) is 22.8 Å². The molecule has 0 saturated heterocycles. The third-order valence-corrected chi connectivity index (χ3v) is 6.31. The molecule has 32 heavy (non-hydrogen) atoms. The average molecular weight is 471 g/mol. The smallest absolute Gasteiger partial charge is 0.339 e. The average Bonchev–Trinajstić information content (AvgIpc) is 3.03. The van der Waals surface area contributed by atoms with Gasteiger partial charge in [-0.1, -0.05) is 29.8 Å². The van der Waals surface area contributed by atoms with Crippen molar-refractivity contribution in [3.05, 3.63) is 94.5 Å². The number of carbonyl (C=O) groups is 3. The van der Waals surface area contributed by atoms with Crippen LogP contribution < -0.4 is 4.72 Å². The van der Waals surface area contributed by atoms with E-state index in [0.29, 0.717) is 10.7 Å². The van der Waals surface area contributed by atoms with Crippen LogP contribution in [0.5, 0.6) is 0 Å². The summed E-state index contributed by atoms with van der Waals surface area (Å²) in [5, 5.41) is 0.454. The minimum Gasteiger partial charge on any atom is -0.440 e. The third-order valence-electron chi connectivity index (χ3n) is 4.68. The number of sulfonamides is 1. The van der Waals surface area contributed by atoms with Gasteiger partial charge in [-0.15, -0.1) is 0 Å². The number of amides is 2. The van der Waals surface area contributed by atoms with E-state index < -0.39 is 34.5 Å². The second-order valence-corrected chi connectivity index (χ2v) is 8.90. The van der Waals surface area contributed by atoms with Crippen LogP contribution in [-0.4, -0.2) is 37.8 Å². The van der Waals surface area contributed by atoms with E-state index in [-0.39, 0.29) is 21.6 Å². The number of rotatable bonds is 6. The topological polar surface area (TPSA) is 110 Å². The maximum Gasteiger partial charge on any atom is 0.339 e. The molecule has 4 rings (SSSR count). The van der Waals surface area contributed by atoms with Gasteiger partial charge in [-0.3, -0.25) is 14.3 Å². The van der Waals surface area contributed by atoms with Crippen molar-refractivity contribution in [1.29, 1.82) is 0 Å². The summed E-state index contributed by atoms with van der Waals surface area (Å²) in [4.78, 5) is 37.8. The molecule has 2 amide bonds. The van der Waals surface area contributed by atoms with Gasteiger partial charge in [0, 0.05) is 10.7 Å². The molecule has 1 aliphatic rings. The summed E-state index contributed by atoms with van der Waals surface area (Å²) in [7, 11) is -3.99. The van der Waals surface area contributed by atoms with Gasteiger partial charge < -0.3 is 4.74 Å². The van der Waals surface area contributed by atoms with Crippen molar-refractivity contribution in [3.8, 4) is 0 Å². The van der Waals surface area contributed by atoms with E-state index in [1.54, 1.807) is 12.1 Å². The summed E-state index contributed by atoms with van der Waals surface area (Å²) < 4.78 is 32.8. The molecule has 1 N–H and O–H groups in total. The number of anilines is 1. The highest BCUT2D eigenvalue weighted by atomic mass is 35.5. The van der Waals surface area contributed by atoms with Gasteiger partial charge in [-0.05, 0) is 54.6 Å². The zero-order valence-electron chi connectivity index (χ0n) is 16.3. The predicted molar refractivity (Wildman–Crippen MR) is 116 cm³/mol. The molecule has 1 heterocycles. The summed E-state index contributed by atoms with van der Waals surface area (Å²) in [5.74, 6) is -2.02. The minimum atomic E-state index is -3.99. The summed E-state index contributed by atoms with van der Waals surface area (Å²) in [6.07, 6.45) is 0. The Hall–Kier alpha value is -3.69. The molecule has 8 nitrogen and oxygen atoms in total. The van der Waals surface area contributed by atoms with Crippen molar-refractivity contribution in [1.82, 2.24) is 4.90 Å². The second kappa shape index (κ2) is 8.45. The van der Waals surface area contributed by atoms with Crippen LogP contribution in [0.15, 0.2) is 77.7 Å². The first-order valence-electron chi connectivity index (χ1n) is 9.27. The lowest BCUT2D eigenvalue weighted by atomic mass is 10.1. The van der Waals surface area contributed by atoms with Crippen molar-refractivity contribution in [2.24, 2.45) is 0 Å². The van der Waals surface area contributed by atoms with Crippen LogP contribution in [0.2, 0.25) is 5.02 Å². The SMILES string of the molecule is O=C(OCN1C(=O)c2ccccc2C1=O)c1cccc(S(=O)(=O)Nc2ccc(Cl)cc2)c1. The number of nitrogens with zero attached hydrogens (tertiary/aromatic N) is 1. The van der Waals surface area contributed by atoms with Gasteiger partial charge in [0.2, 0.25) is 0 Å². The number of hydrogen-bond acceptors (Lipinski definition) is 6. The van der Waals surface area contributed by atoms with Crippen molar-refractivity contribution in [2.45, 2.75) is 4.90 Å². The van der Waals surface area contributed by atoms with Crippen LogP contribution in [0.4, 0.5) is 5.69 Å². The number of nitrogens with one attached hydrogen (secondary N) is 1. The largest absolute Gasteiger partial charge is 0.440 e. The van der Waals surface area contributed by atoms with Gasteiger partial charge in [-0.25, -0.2) is 18.1 Å². The number of benzene rings is 3. The summed E-state index contributed by atoms with van der Waals surface area (Å²) in [6, 6.07) is 17.6. The number of fused-ring (bicyclic) bond motifs is 1. The molecule has 10 heteroatoms. The highest BCUT2D eigenvalue weighted by Gasteiger charge is 2.35. The van der Waals surface area contributed by atoms with Gasteiger partial charge in [-0.2, -0.15) is 0 Å². The number of ether oxygens (including phenoxy) is 1. The van der Waals surface area contributed by atoms with Gasteiger partial charge in [0.05, 0.1) is 21.6 Å². The minimum absolute atomic E-state index is 0.0550. The Kier molecular flexibility index (Phi) is 5.68. The molecule has 0 spiro atoms. The molecule has 3 aromatic rings. The monoisotopic (exact) mass is 470 g/mol. The standard InChI is InChI=1S/C22H15ClN2O6S/c23-15-8-10-16(11-9-15)24-32(29,30)17-5-3-4-14(12-17)22(28)31-13-25-20(26)18-6-1-2-7-19(18)21(25)27/h1-12,24H,13H2. The number of esters is 1. The van der Waals surface area contributed by atoms with Gasteiger partial charge >= 0.3 is 5.97 Å². The predicted octanol–water partition coefficient (Wildman–Crippen LogP) is 3.55. The summed E-state index contributed by atoms with van der Waals surface area (Å²) in [6.45, 7) is -0.592. The number of hydrogen-bond donors (Lipinski definition) is 1. The molecule has 0 bridgehead atoms. The van der Waals surface area contributed by atoms with Crippen LogP contribution in [0.3, 0.4) is 0 Å². The number of carbonyl (C=O) groups excluding carboxylic acids is 3. The molecule has 0 fully saturated rings. The lowest BCUT2D eigenvalue weighted by Gasteiger charge is -2.14. The Morgan fingerprint density at radius 3 is 2.16 bits per heavy atom. The zero-order chi connectivity index (χ0) is 22.9. The lowest BCUT2D eigenvalue weighted by molar-refractivity contribution is 0.0228. The Balaban J connectivity index is 1.46. The van der Waals surface area contributed by atoms with Crippen LogP contribution >= 0.6 is 11.6 Å². The highest BCUT2D eigenvalue weighted by Crippen LogP contribution is 2.23. The molecule has 0 saturated carbocycles. The van der Waals surface area contributed by atoms with Crippen molar-refractivity contribution >= 4 is 45.1 Å². The maximum atomic E-state index is 12.6. The maximum absolute atomic E-state index is 12.6. The number of imide groups is 1. The van der Waals surface area contributed by atoms with E-state index in [0.717, 1.165) is 11.0 Å². The van der Waals surface area contributed by atoms with E-state index in [1.807, 2.05) is 0 Å². The van der Waals surface area contributed by atoms with E-state index in [4.69, 9.17) is 16.3 Å². The Bertz CT molecular complexity index is 1300. The Morgan fingerprint density at radius 1 is 0.906 bits per heavy atom. The van der Waals surface area contributed by atoms with E-state index in [1.165, 1.54) is 54.6 Å². The molecule has 3 aromatic carbocycles. The summed E-state index contributed by atoms with van der Waals surface area (Å²) in [5.41, 5.74) is 0.707. The molecule has 0 unspecified atom stereocenters. The quantitative estimate of drug-likeness (QED) is 0.436. The molecule has 0 atom stereocenters. The first-order chi connectivity index (χ1) is 15.3. The zero-order valence-corrected chi connectivity index (χ0v) is 17.9. The molecule has 0 aliphatic carbocycles. The van der Waals surface area contributed by atoms with Gasteiger partial charge in [0.25, 0.3) is 21.8 Å². The van der Waals surface area contributed by atoms with Gasteiger partial charge in [0.15, 0.2) is 6.73 Å². The molecular weight excluding hydrogens is 456 g/mol. The molecule has 1 aliphatic heterocycles.